The SMILES string of the molecule is CCC(C)NCCOCCCN1CCN(c2ncc(C(C)C)cn2)CC1.[HH]. The average Bonchev–Trinajstić information content (AvgIpc) is 2.67. The molecule has 1 fully saturated rings. The molecule has 1 aromatic heterocycles. The number of ether oxygens (including phenoxy) is 1. The molecule has 0 saturated carbocycles. The molecule has 1 aromatic rings. The van der Waals surface area contributed by atoms with Crippen LogP contribution in [0.5, 0.6) is 0 Å². The highest BCUT2D eigenvalue weighted by Gasteiger charge is 2.18. The highest BCUT2D eigenvalue weighted by atomic mass is 16.5. The predicted octanol–water partition coefficient (Wildman–Crippen LogP) is 2.76. The van der Waals surface area contributed by atoms with Crippen molar-refractivity contribution in [2.75, 3.05) is 57.4 Å². The molecule has 0 amide bonds. The van der Waals surface area contributed by atoms with Gasteiger partial charge in [-0.25, -0.2) is 9.97 Å². The number of rotatable bonds is 11. The molecule has 150 valence electrons. The number of aromatic nitrogens is 2. The molecule has 0 radical (unpaired) electrons. The molecule has 1 aliphatic rings. The molecule has 26 heavy (non-hydrogen) atoms. The molecule has 6 nitrogen and oxygen atoms in total. The van der Waals surface area contributed by atoms with E-state index in [1.165, 1.54) is 12.0 Å². The van der Waals surface area contributed by atoms with Gasteiger partial charge in [-0.05, 0) is 31.2 Å². The summed E-state index contributed by atoms with van der Waals surface area (Å²) in [6.45, 7) is 16.6. The van der Waals surface area contributed by atoms with Crippen LogP contribution < -0.4 is 10.2 Å². The van der Waals surface area contributed by atoms with Crippen molar-refractivity contribution in [2.24, 2.45) is 0 Å². The van der Waals surface area contributed by atoms with Gasteiger partial charge >= 0.3 is 0 Å². The average molecular weight is 366 g/mol. The molecule has 0 spiro atoms. The first-order valence-corrected chi connectivity index (χ1v) is 10.2. The van der Waals surface area contributed by atoms with Crippen molar-refractivity contribution in [2.45, 2.75) is 52.5 Å². The summed E-state index contributed by atoms with van der Waals surface area (Å²) < 4.78 is 5.72. The highest BCUT2D eigenvalue weighted by molar-refractivity contribution is 5.31. The van der Waals surface area contributed by atoms with Crippen molar-refractivity contribution in [3.8, 4) is 0 Å². The second-order valence-electron chi connectivity index (χ2n) is 7.53. The molecular weight excluding hydrogens is 326 g/mol. The van der Waals surface area contributed by atoms with Crippen LogP contribution in [0.2, 0.25) is 0 Å². The van der Waals surface area contributed by atoms with E-state index in [2.05, 4.69) is 52.8 Å². The second kappa shape index (κ2) is 11.5. The quantitative estimate of drug-likeness (QED) is 0.609. The van der Waals surface area contributed by atoms with Gasteiger partial charge in [-0.1, -0.05) is 20.8 Å². The van der Waals surface area contributed by atoms with Crippen LogP contribution in [0.1, 0.15) is 53.4 Å². The topological polar surface area (TPSA) is 53.5 Å². The first kappa shape index (κ1) is 21.1. The predicted molar refractivity (Wildman–Crippen MR) is 110 cm³/mol. The van der Waals surface area contributed by atoms with Gasteiger partial charge in [-0.3, -0.25) is 4.90 Å². The molecule has 1 saturated heterocycles. The summed E-state index contributed by atoms with van der Waals surface area (Å²) in [6.07, 6.45) is 6.20. The van der Waals surface area contributed by atoms with E-state index in [1.54, 1.807) is 0 Å². The monoisotopic (exact) mass is 365 g/mol. The largest absolute Gasteiger partial charge is 0.380 e. The van der Waals surface area contributed by atoms with Crippen LogP contribution in [-0.2, 0) is 4.74 Å². The lowest BCUT2D eigenvalue weighted by molar-refractivity contribution is 0.119. The Morgan fingerprint density at radius 2 is 1.81 bits per heavy atom. The van der Waals surface area contributed by atoms with Crippen molar-refractivity contribution in [3.63, 3.8) is 0 Å². The summed E-state index contributed by atoms with van der Waals surface area (Å²) in [6, 6.07) is 0.584. The molecule has 1 atom stereocenters. The third-order valence-electron chi connectivity index (χ3n) is 5.09. The van der Waals surface area contributed by atoms with Gasteiger partial charge in [0.1, 0.15) is 0 Å². The summed E-state index contributed by atoms with van der Waals surface area (Å²) >= 11 is 0. The Labute approximate surface area is 160 Å². The van der Waals surface area contributed by atoms with Crippen LogP contribution in [0.4, 0.5) is 5.95 Å². The van der Waals surface area contributed by atoms with Gasteiger partial charge in [0.15, 0.2) is 0 Å². The maximum Gasteiger partial charge on any atom is 0.225 e. The van der Waals surface area contributed by atoms with Gasteiger partial charge in [-0.15, -0.1) is 0 Å². The Balaban J connectivity index is 0.00000364. The number of hydrogen-bond donors (Lipinski definition) is 1. The van der Waals surface area contributed by atoms with Gasteiger partial charge < -0.3 is 15.0 Å². The van der Waals surface area contributed by atoms with Crippen molar-refractivity contribution >= 4 is 5.95 Å². The fourth-order valence-electron chi connectivity index (χ4n) is 2.98. The second-order valence-corrected chi connectivity index (χ2v) is 7.53. The van der Waals surface area contributed by atoms with E-state index >= 15 is 0 Å². The minimum Gasteiger partial charge on any atom is -0.380 e. The molecular formula is C20H39N5O. The number of anilines is 1. The smallest absolute Gasteiger partial charge is 0.225 e. The lowest BCUT2D eigenvalue weighted by Crippen LogP contribution is -2.47. The molecule has 2 rings (SSSR count). The zero-order valence-electron chi connectivity index (χ0n) is 17.1. The Morgan fingerprint density at radius 3 is 2.42 bits per heavy atom. The van der Waals surface area contributed by atoms with E-state index < -0.39 is 0 Å². The van der Waals surface area contributed by atoms with Crippen LogP contribution in [0.15, 0.2) is 12.4 Å². The molecule has 1 unspecified atom stereocenters. The number of nitrogens with zero attached hydrogens (tertiary/aromatic N) is 4. The number of nitrogens with one attached hydrogen (secondary N) is 1. The van der Waals surface area contributed by atoms with E-state index in [0.717, 1.165) is 64.9 Å². The number of piperazine rings is 1. The minimum atomic E-state index is 0. The van der Waals surface area contributed by atoms with E-state index in [4.69, 9.17) is 4.74 Å². The van der Waals surface area contributed by atoms with Gasteiger partial charge in [0.2, 0.25) is 5.95 Å². The van der Waals surface area contributed by atoms with E-state index in [1.807, 2.05) is 12.4 Å². The summed E-state index contributed by atoms with van der Waals surface area (Å²) in [5.74, 6) is 1.35. The maximum atomic E-state index is 5.72. The standard InChI is InChI=1S/C20H37N5O.H2/c1-5-18(4)21-7-14-26-13-6-8-24-9-11-25(12-10-24)20-22-15-19(16-23-20)17(2)3;/h15-18,21H,5-14H2,1-4H3;1H. The molecule has 1 N–H and O–H groups in total. The highest BCUT2D eigenvalue weighted by Crippen LogP contribution is 2.15. The van der Waals surface area contributed by atoms with E-state index in [0.29, 0.717) is 12.0 Å². The van der Waals surface area contributed by atoms with Gasteiger partial charge in [0.05, 0.1) is 6.61 Å². The van der Waals surface area contributed by atoms with Crippen molar-refractivity contribution in [3.05, 3.63) is 18.0 Å². The number of hydrogen-bond acceptors (Lipinski definition) is 6. The normalized spacial score (nSPS) is 17.0. The molecule has 6 heteroatoms. The minimum absolute atomic E-state index is 0. The fourth-order valence-corrected chi connectivity index (χ4v) is 2.98. The van der Waals surface area contributed by atoms with E-state index in [9.17, 15) is 0 Å². The van der Waals surface area contributed by atoms with Gasteiger partial charge in [0, 0.05) is 65.7 Å². The Bertz CT molecular complexity index is 492. The Hall–Kier alpha value is -1.24. The third-order valence-corrected chi connectivity index (χ3v) is 5.09. The van der Waals surface area contributed by atoms with Crippen molar-refractivity contribution in [1.82, 2.24) is 20.2 Å². The van der Waals surface area contributed by atoms with Crippen LogP contribution in [0.25, 0.3) is 0 Å². The van der Waals surface area contributed by atoms with Gasteiger partial charge in [0.25, 0.3) is 0 Å². The van der Waals surface area contributed by atoms with Crippen molar-refractivity contribution in [1.29, 1.82) is 0 Å². The van der Waals surface area contributed by atoms with Crippen molar-refractivity contribution < 1.29 is 6.16 Å². The summed E-state index contributed by atoms with van der Waals surface area (Å²) in [5.41, 5.74) is 1.20. The molecule has 0 bridgehead atoms. The zero-order valence-corrected chi connectivity index (χ0v) is 17.1. The summed E-state index contributed by atoms with van der Waals surface area (Å²) in [7, 11) is 0. The van der Waals surface area contributed by atoms with Crippen LogP contribution in [0, 0.1) is 0 Å². The van der Waals surface area contributed by atoms with Gasteiger partial charge in [-0.2, -0.15) is 0 Å². The molecule has 0 aromatic carbocycles. The Morgan fingerprint density at radius 1 is 1.12 bits per heavy atom. The third kappa shape index (κ3) is 7.17. The van der Waals surface area contributed by atoms with Crippen LogP contribution in [-0.4, -0.2) is 73.4 Å². The molecule has 0 aliphatic carbocycles. The Kier molecular flexibility index (Phi) is 9.29. The lowest BCUT2D eigenvalue weighted by atomic mass is 10.1. The summed E-state index contributed by atoms with van der Waals surface area (Å²) in [5, 5.41) is 3.45. The first-order chi connectivity index (χ1) is 12.6. The zero-order chi connectivity index (χ0) is 18.8. The molecule has 1 aliphatic heterocycles. The first-order valence-electron chi connectivity index (χ1n) is 10.2. The molecule has 2 heterocycles. The lowest BCUT2D eigenvalue weighted by Gasteiger charge is -2.34. The summed E-state index contributed by atoms with van der Waals surface area (Å²) in [4.78, 5) is 13.9. The van der Waals surface area contributed by atoms with Crippen LogP contribution in [0.3, 0.4) is 0 Å². The maximum absolute atomic E-state index is 5.72. The van der Waals surface area contributed by atoms with Crippen LogP contribution >= 0.6 is 0 Å². The fraction of sp³-hybridized carbons (Fsp3) is 0.800. The van der Waals surface area contributed by atoms with E-state index in [-0.39, 0.29) is 1.43 Å².